The summed E-state index contributed by atoms with van der Waals surface area (Å²) in [4.78, 5) is 26.6. The second-order valence-corrected chi connectivity index (χ2v) is 6.08. The number of rotatable bonds is 4. The minimum atomic E-state index is -0.334. The molecule has 3 rings (SSSR count). The van der Waals surface area contributed by atoms with Crippen molar-refractivity contribution in [2.24, 2.45) is 5.92 Å². The van der Waals surface area contributed by atoms with E-state index in [1.165, 1.54) is 11.0 Å². The van der Waals surface area contributed by atoms with Gasteiger partial charge >= 0.3 is 6.03 Å². The van der Waals surface area contributed by atoms with Gasteiger partial charge in [-0.05, 0) is 18.4 Å². The van der Waals surface area contributed by atoms with Gasteiger partial charge in [0.05, 0.1) is 6.54 Å². The number of carbonyl (C=O) groups is 2. The van der Waals surface area contributed by atoms with Crippen LogP contribution in [-0.4, -0.2) is 47.9 Å². The summed E-state index contributed by atoms with van der Waals surface area (Å²) in [5, 5.41) is 2.51. The summed E-state index contributed by atoms with van der Waals surface area (Å²) in [5.74, 6) is 0.0778. The molecule has 2 fully saturated rings. The summed E-state index contributed by atoms with van der Waals surface area (Å²) in [6, 6.07) is 6.51. The maximum Gasteiger partial charge on any atom is 0.324 e. The zero-order chi connectivity index (χ0) is 15.7. The van der Waals surface area contributed by atoms with E-state index in [2.05, 4.69) is 17.1 Å². The zero-order valence-corrected chi connectivity index (χ0v) is 12.6. The van der Waals surface area contributed by atoms with Crippen molar-refractivity contribution in [1.82, 2.24) is 15.1 Å². The molecule has 1 N–H and O–H groups in total. The van der Waals surface area contributed by atoms with Crippen molar-refractivity contribution in [3.63, 3.8) is 0 Å². The van der Waals surface area contributed by atoms with Crippen molar-refractivity contribution in [2.45, 2.75) is 19.4 Å². The predicted octanol–water partition coefficient (Wildman–Crippen LogP) is 1.76. The molecule has 0 aromatic heterocycles. The maximum absolute atomic E-state index is 14.1. The number of urea groups is 1. The topological polar surface area (TPSA) is 52.6 Å². The lowest BCUT2D eigenvalue weighted by molar-refractivity contribution is -0.125. The molecular formula is C16H20FN3O2. The lowest BCUT2D eigenvalue weighted by Gasteiger charge is -2.26. The van der Waals surface area contributed by atoms with Crippen molar-refractivity contribution in [1.29, 1.82) is 0 Å². The first kappa shape index (κ1) is 15.0. The number of halogens is 1. The van der Waals surface area contributed by atoms with Gasteiger partial charge in [0, 0.05) is 31.2 Å². The number of hydrogen-bond acceptors (Lipinski definition) is 3. The van der Waals surface area contributed by atoms with Crippen LogP contribution in [0.5, 0.6) is 0 Å². The Morgan fingerprint density at radius 2 is 2.05 bits per heavy atom. The molecule has 22 heavy (non-hydrogen) atoms. The fraction of sp³-hybridized carbons (Fsp3) is 0.500. The van der Waals surface area contributed by atoms with E-state index < -0.39 is 0 Å². The van der Waals surface area contributed by atoms with Crippen LogP contribution in [0.2, 0.25) is 0 Å². The normalized spacial score (nSPS) is 25.8. The second kappa shape index (κ2) is 6.04. The van der Waals surface area contributed by atoms with E-state index in [0.29, 0.717) is 24.6 Å². The molecule has 0 bridgehead atoms. The van der Waals surface area contributed by atoms with Crippen LogP contribution in [-0.2, 0) is 4.79 Å². The minimum absolute atomic E-state index is 0.0111. The Hall–Kier alpha value is -1.95. The standard InChI is InChI=1S/C16H20FN3O2/c1-11-8-14(12-4-2-3-5-13(12)17)19(10-11)6-7-20-15(21)9-18-16(20)22/h2-5,11,14H,6-10H2,1H3,(H,18,22). The molecule has 1 aromatic rings. The van der Waals surface area contributed by atoms with Crippen LogP contribution >= 0.6 is 0 Å². The summed E-state index contributed by atoms with van der Waals surface area (Å²) in [7, 11) is 0. The largest absolute Gasteiger partial charge is 0.329 e. The highest BCUT2D eigenvalue weighted by molar-refractivity contribution is 6.01. The Labute approximate surface area is 129 Å². The predicted molar refractivity (Wildman–Crippen MR) is 79.6 cm³/mol. The van der Waals surface area contributed by atoms with Gasteiger partial charge in [0.25, 0.3) is 0 Å². The van der Waals surface area contributed by atoms with Gasteiger partial charge in [-0.15, -0.1) is 0 Å². The van der Waals surface area contributed by atoms with Crippen LogP contribution < -0.4 is 5.32 Å². The first-order chi connectivity index (χ1) is 10.6. The molecule has 5 nitrogen and oxygen atoms in total. The van der Waals surface area contributed by atoms with Gasteiger partial charge in [-0.25, -0.2) is 9.18 Å². The zero-order valence-electron chi connectivity index (χ0n) is 12.6. The van der Waals surface area contributed by atoms with Crippen LogP contribution in [0.4, 0.5) is 9.18 Å². The molecule has 6 heteroatoms. The van der Waals surface area contributed by atoms with E-state index in [4.69, 9.17) is 0 Å². The minimum Gasteiger partial charge on any atom is -0.329 e. The highest BCUT2D eigenvalue weighted by atomic mass is 19.1. The van der Waals surface area contributed by atoms with Gasteiger partial charge < -0.3 is 5.32 Å². The summed E-state index contributed by atoms with van der Waals surface area (Å²) in [6.07, 6.45) is 0.890. The molecule has 0 aliphatic carbocycles. The fourth-order valence-electron chi connectivity index (χ4n) is 3.36. The van der Waals surface area contributed by atoms with E-state index in [1.54, 1.807) is 6.07 Å². The SMILES string of the molecule is CC1CC(c2ccccc2F)N(CCN2C(=O)CNC2=O)C1. The first-order valence-corrected chi connectivity index (χ1v) is 7.63. The smallest absolute Gasteiger partial charge is 0.324 e. The van der Waals surface area contributed by atoms with Crippen molar-refractivity contribution in [2.75, 3.05) is 26.2 Å². The molecule has 2 saturated heterocycles. The van der Waals surface area contributed by atoms with E-state index in [0.717, 1.165) is 13.0 Å². The number of amides is 3. The Kier molecular flexibility index (Phi) is 4.11. The molecule has 2 heterocycles. The number of carbonyl (C=O) groups excluding carboxylic acids is 2. The fourth-order valence-corrected chi connectivity index (χ4v) is 3.36. The molecule has 2 aliphatic heterocycles. The molecular weight excluding hydrogens is 285 g/mol. The van der Waals surface area contributed by atoms with Gasteiger partial charge in [0.2, 0.25) is 5.91 Å². The van der Waals surface area contributed by atoms with Crippen molar-refractivity contribution in [3.8, 4) is 0 Å². The molecule has 2 unspecified atom stereocenters. The van der Waals surface area contributed by atoms with Crippen molar-refractivity contribution >= 4 is 11.9 Å². The summed E-state index contributed by atoms with van der Waals surface area (Å²) >= 11 is 0. The van der Waals surface area contributed by atoms with Gasteiger partial charge in [-0.2, -0.15) is 0 Å². The van der Waals surface area contributed by atoms with Gasteiger partial charge in [0.15, 0.2) is 0 Å². The third kappa shape index (κ3) is 2.83. The third-order valence-electron chi connectivity index (χ3n) is 4.42. The molecule has 0 saturated carbocycles. The lowest BCUT2D eigenvalue weighted by atomic mass is 10.0. The number of nitrogens with zero attached hydrogens (tertiary/aromatic N) is 2. The molecule has 0 spiro atoms. The monoisotopic (exact) mass is 305 g/mol. The Morgan fingerprint density at radius 1 is 1.27 bits per heavy atom. The average Bonchev–Trinajstić information content (AvgIpc) is 3.01. The molecule has 1 aromatic carbocycles. The van der Waals surface area contributed by atoms with Crippen molar-refractivity contribution in [3.05, 3.63) is 35.6 Å². The van der Waals surface area contributed by atoms with E-state index in [-0.39, 0.29) is 30.3 Å². The molecule has 2 aliphatic rings. The van der Waals surface area contributed by atoms with Gasteiger partial charge in [-0.3, -0.25) is 14.6 Å². The Balaban J connectivity index is 1.70. The number of imide groups is 1. The van der Waals surface area contributed by atoms with Crippen molar-refractivity contribution < 1.29 is 14.0 Å². The number of benzene rings is 1. The van der Waals surface area contributed by atoms with E-state index in [1.807, 2.05) is 12.1 Å². The van der Waals surface area contributed by atoms with Crippen LogP contribution in [0.3, 0.4) is 0 Å². The van der Waals surface area contributed by atoms with Crippen LogP contribution in [0, 0.1) is 11.7 Å². The molecule has 118 valence electrons. The lowest BCUT2D eigenvalue weighted by Crippen LogP contribution is -2.39. The molecule has 2 atom stereocenters. The van der Waals surface area contributed by atoms with Crippen LogP contribution in [0.15, 0.2) is 24.3 Å². The van der Waals surface area contributed by atoms with Gasteiger partial charge in [0.1, 0.15) is 5.82 Å². The highest BCUT2D eigenvalue weighted by Gasteiger charge is 2.34. The average molecular weight is 305 g/mol. The molecule has 3 amide bonds. The molecule has 0 radical (unpaired) electrons. The quantitative estimate of drug-likeness (QED) is 0.863. The summed E-state index contributed by atoms with van der Waals surface area (Å²) in [6.45, 7) is 3.99. The van der Waals surface area contributed by atoms with Crippen LogP contribution in [0.1, 0.15) is 24.9 Å². The Bertz CT molecular complexity index is 577. The summed E-state index contributed by atoms with van der Waals surface area (Å²) in [5.41, 5.74) is 0.698. The summed E-state index contributed by atoms with van der Waals surface area (Å²) < 4.78 is 14.1. The van der Waals surface area contributed by atoms with E-state index >= 15 is 0 Å². The second-order valence-electron chi connectivity index (χ2n) is 6.08. The van der Waals surface area contributed by atoms with Crippen LogP contribution in [0.25, 0.3) is 0 Å². The first-order valence-electron chi connectivity index (χ1n) is 7.63. The maximum atomic E-state index is 14.1. The number of hydrogen-bond donors (Lipinski definition) is 1. The number of nitrogens with one attached hydrogen (secondary N) is 1. The highest BCUT2D eigenvalue weighted by Crippen LogP contribution is 2.36. The number of likely N-dealkylation sites (tertiary alicyclic amines) is 1. The Morgan fingerprint density at radius 3 is 2.73 bits per heavy atom. The third-order valence-corrected chi connectivity index (χ3v) is 4.42. The van der Waals surface area contributed by atoms with Gasteiger partial charge in [-0.1, -0.05) is 25.1 Å². The van der Waals surface area contributed by atoms with E-state index in [9.17, 15) is 14.0 Å².